The van der Waals surface area contributed by atoms with E-state index in [9.17, 15) is 4.79 Å². The Labute approximate surface area is 96.6 Å². The average Bonchev–Trinajstić information content (AvgIpc) is 2.25. The van der Waals surface area contributed by atoms with Gasteiger partial charge in [-0.3, -0.25) is 0 Å². The second-order valence-electron chi connectivity index (χ2n) is 4.14. The maximum atomic E-state index is 10.6. The number of benzene rings is 1. The highest BCUT2D eigenvalue weighted by molar-refractivity contribution is 5.89. The van der Waals surface area contributed by atoms with Crippen molar-refractivity contribution in [1.82, 2.24) is 0 Å². The topological polar surface area (TPSA) is 37.3 Å². The van der Waals surface area contributed by atoms with Crippen LogP contribution in [-0.2, 0) is 4.79 Å². The molecule has 86 valence electrons. The quantitative estimate of drug-likeness (QED) is 0.782. The summed E-state index contributed by atoms with van der Waals surface area (Å²) in [6, 6.07) is 8.11. The van der Waals surface area contributed by atoms with Gasteiger partial charge in [-0.1, -0.05) is 45.0 Å². The summed E-state index contributed by atoms with van der Waals surface area (Å²) in [5.41, 5.74) is 3.13. The summed E-state index contributed by atoms with van der Waals surface area (Å²) >= 11 is 0. The van der Waals surface area contributed by atoms with Gasteiger partial charge in [0.1, 0.15) is 0 Å². The van der Waals surface area contributed by atoms with Crippen molar-refractivity contribution in [3.63, 3.8) is 0 Å². The molecule has 16 heavy (non-hydrogen) atoms. The van der Waals surface area contributed by atoms with Gasteiger partial charge < -0.3 is 5.11 Å². The van der Waals surface area contributed by atoms with Gasteiger partial charge in [0.25, 0.3) is 0 Å². The zero-order valence-electron chi connectivity index (χ0n) is 10.0. The van der Waals surface area contributed by atoms with Crippen LogP contribution in [0.25, 0.3) is 5.57 Å². The fraction of sp³-hybridized carbons (Fsp3) is 0.357. The van der Waals surface area contributed by atoms with E-state index >= 15 is 0 Å². The lowest BCUT2D eigenvalue weighted by Crippen LogP contribution is -1.93. The van der Waals surface area contributed by atoms with E-state index in [2.05, 4.69) is 26.0 Å². The highest BCUT2D eigenvalue weighted by Gasteiger charge is 2.03. The Balaban J connectivity index is 3.00. The molecular weight excluding hydrogens is 200 g/mol. The molecule has 0 spiro atoms. The molecule has 0 saturated heterocycles. The number of carboxylic acid groups (broad SMARTS) is 1. The Morgan fingerprint density at radius 3 is 2.25 bits per heavy atom. The summed E-state index contributed by atoms with van der Waals surface area (Å²) in [4.78, 5) is 10.6. The maximum Gasteiger partial charge on any atom is 0.328 e. The molecule has 0 amide bonds. The van der Waals surface area contributed by atoms with Crippen LogP contribution < -0.4 is 0 Å². The lowest BCUT2D eigenvalue weighted by molar-refractivity contribution is -0.131. The minimum absolute atomic E-state index is 0.502. The summed E-state index contributed by atoms with van der Waals surface area (Å²) in [7, 11) is 0. The Kier molecular flexibility index (Phi) is 4.29. The Morgan fingerprint density at radius 1 is 1.31 bits per heavy atom. The minimum atomic E-state index is -0.884. The smallest absolute Gasteiger partial charge is 0.328 e. The van der Waals surface area contributed by atoms with Crippen molar-refractivity contribution in [2.45, 2.75) is 33.1 Å². The average molecular weight is 218 g/mol. The molecule has 1 aromatic carbocycles. The van der Waals surface area contributed by atoms with E-state index in [1.165, 1.54) is 11.6 Å². The number of allylic oxidation sites excluding steroid dienone is 1. The lowest BCUT2D eigenvalue weighted by Gasteiger charge is -2.08. The van der Waals surface area contributed by atoms with Crippen LogP contribution in [0.5, 0.6) is 0 Å². The summed E-state index contributed by atoms with van der Waals surface area (Å²) in [5, 5.41) is 8.74. The predicted molar refractivity (Wildman–Crippen MR) is 66.4 cm³/mol. The van der Waals surface area contributed by atoms with Crippen molar-refractivity contribution in [3.8, 4) is 0 Å². The molecule has 0 aliphatic heterocycles. The van der Waals surface area contributed by atoms with Gasteiger partial charge in [0, 0.05) is 6.08 Å². The molecule has 2 nitrogen and oxygen atoms in total. The molecule has 0 fully saturated rings. The molecule has 1 aromatic rings. The summed E-state index contributed by atoms with van der Waals surface area (Å²) in [6.07, 6.45) is 2.01. The fourth-order valence-electron chi connectivity index (χ4n) is 1.62. The number of aliphatic carboxylic acids is 1. The van der Waals surface area contributed by atoms with E-state index in [1.807, 2.05) is 19.1 Å². The van der Waals surface area contributed by atoms with Gasteiger partial charge in [-0.2, -0.15) is 0 Å². The van der Waals surface area contributed by atoms with E-state index in [-0.39, 0.29) is 0 Å². The second kappa shape index (κ2) is 5.50. The van der Waals surface area contributed by atoms with Gasteiger partial charge in [0.2, 0.25) is 0 Å². The predicted octanol–water partition coefficient (Wildman–Crippen LogP) is 3.69. The third kappa shape index (κ3) is 3.23. The molecule has 0 saturated carbocycles. The molecule has 0 radical (unpaired) electrons. The van der Waals surface area contributed by atoms with E-state index in [0.29, 0.717) is 5.92 Å². The molecule has 2 heteroatoms. The molecule has 0 bridgehead atoms. The van der Waals surface area contributed by atoms with E-state index < -0.39 is 5.97 Å². The van der Waals surface area contributed by atoms with Crippen LogP contribution in [0.4, 0.5) is 0 Å². The largest absolute Gasteiger partial charge is 0.478 e. The van der Waals surface area contributed by atoms with Crippen LogP contribution in [0.3, 0.4) is 0 Å². The highest BCUT2D eigenvalue weighted by atomic mass is 16.4. The SMILES string of the molecule is CCC(=CC(=O)O)c1ccc(C(C)C)cc1. The van der Waals surface area contributed by atoms with Crippen molar-refractivity contribution in [2.24, 2.45) is 0 Å². The summed E-state index contributed by atoms with van der Waals surface area (Å²) in [5.74, 6) is -0.382. The van der Waals surface area contributed by atoms with Crippen molar-refractivity contribution >= 4 is 11.5 Å². The number of rotatable bonds is 4. The molecule has 1 N–H and O–H groups in total. The first-order valence-electron chi connectivity index (χ1n) is 5.58. The first-order valence-corrected chi connectivity index (χ1v) is 5.58. The van der Waals surface area contributed by atoms with Crippen LogP contribution in [-0.4, -0.2) is 11.1 Å². The monoisotopic (exact) mass is 218 g/mol. The lowest BCUT2D eigenvalue weighted by atomic mass is 9.97. The number of hydrogen-bond acceptors (Lipinski definition) is 1. The second-order valence-corrected chi connectivity index (χ2v) is 4.14. The molecule has 0 unspecified atom stereocenters. The van der Waals surface area contributed by atoms with Gasteiger partial charge >= 0.3 is 5.97 Å². The number of hydrogen-bond donors (Lipinski definition) is 1. The maximum absolute atomic E-state index is 10.6. The third-order valence-electron chi connectivity index (χ3n) is 2.63. The molecule has 0 atom stereocenters. The van der Waals surface area contributed by atoms with Crippen molar-refractivity contribution in [3.05, 3.63) is 41.5 Å². The van der Waals surface area contributed by atoms with Gasteiger partial charge in [0.05, 0.1) is 0 Å². The molecule has 0 aliphatic carbocycles. The fourth-order valence-corrected chi connectivity index (χ4v) is 1.62. The van der Waals surface area contributed by atoms with E-state index in [4.69, 9.17) is 5.11 Å². The van der Waals surface area contributed by atoms with Gasteiger partial charge in [-0.25, -0.2) is 4.79 Å². The van der Waals surface area contributed by atoms with Gasteiger partial charge in [0.15, 0.2) is 0 Å². The van der Waals surface area contributed by atoms with Crippen molar-refractivity contribution < 1.29 is 9.90 Å². The highest BCUT2D eigenvalue weighted by Crippen LogP contribution is 2.21. The van der Waals surface area contributed by atoms with Gasteiger partial charge in [-0.15, -0.1) is 0 Å². The van der Waals surface area contributed by atoms with Crippen molar-refractivity contribution in [2.75, 3.05) is 0 Å². The first kappa shape index (κ1) is 12.5. The van der Waals surface area contributed by atoms with E-state index in [0.717, 1.165) is 17.6 Å². The van der Waals surface area contributed by atoms with Crippen LogP contribution >= 0.6 is 0 Å². The summed E-state index contributed by atoms with van der Waals surface area (Å²) in [6.45, 7) is 6.25. The first-order chi connectivity index (χ1) is 7.54. The molecule has 0 heterocycles. The van der Waals surface area contributed by atoms with Crippen LogP contribution in [0.1, 0.15) is 44.2 Å². The molecular formula is C14H18O2. The normalized spacial score (nSPS) is 11.9. The number of carboxylic acids is 1. The number of carbonyl (C=O) groups is 1. The standard InChI is InChI=1S/C14H18O2/c1-4-11(9-14(15)16)13-7-5-12(6-8-13)10(2)3/h5-10H,4H2,1-3H3,(H,15,16). The Bertz CT molecular complexity index is 386. The Morgan fingerprint density at radius 2 is 1.88 bits per heavy atom. The van der Waals surface area contributed by atoms with Crippen LogP contribution in [0, 0.1) is 0 Å². The van der Waals surface area contributed by atoms with Crippen LogP contribution in [0.2, 0.25) is 0 Å². The van der Waals surface area contributed by atoms with Crippen LogP contribution in [0.15, 0.2) is 30.3 Å². The van der Waals surface area contributed by atoms with E-state index in [1.54, 1.807) is 0 Å². The van der Waals surface area contributed by atoms with Gasteiger partial charge in [-0.05, 0) is 29.0 Å². The zero-order valence-corrected chi connectivity index (χ0v) is 10.0. The molecule has 0 aliphatic rings. The molecule has 0 aromatic heterocycles. The third-order valence-corrected chi connectivity index (χ3v) is 2.63. The summed E-state index contributed by atoms with van der Waals surface area (Å²) < 4.78 is 0. The molecule has 1 rings (SSSR count). The van der Waals surface area contributed by atoms with Crippen molar-refractivity contribution in [1.29, 1.82) is 0 Å². The zero-order chi connectivity index (χ0) is 12.1. The Hall–Kier alpha value is -1.57. The minimum Gasteiger partial charge on any atom is -0.478 e.